The second-order valence-corrected chi connectivity index (χ2v) is 7.85. The number of aromatic carboxylic acids is 1. The molecule has 28 heavy (non-hydrogen) atoms. The summed E-state index contributed by atoms with van der Waals surface area (Å²) >= 11 is 0. The Bertz CT molecular complexity index is 870. The maximum absolute atomic E-state index is 12.4. The van der Waals surface area contributed by atoms with E-state index in [-0.39, 0.29) is 18.3 Å². The molecule has 148 valence electrons. The fourth-order valence-electron chi connectivity index (χ4n) is 3.09. The predicted octanol–water partition coefficient (Wildman–Crippen LogP) is 4.26. The molecule has 1 amide bonds. The van der Waals surface area contributed by atoms with Gasteiger partial charge in [-0.3, -0.25) is 0 Å². The summed E-state index contributed by atoms with van der Waals surface area (Å²) in [6.45, 7) is 6.62. The molecule has 6 nitrogen and oxygen atoms in total. The summed E-state index contributed by atoms with van der Waals surface area (Å²) in [7, 11) is 0. The van der Waals surface area contributed by atoms with Gasteiger partial charge < -0.3 is 19.5 Å². The zero-order valence-corrected chi connectivity index (χ0v) is 16.4. The molecule has 1 N–H and O–H groups in total. The van der Waals surface area contributed by atoms with Crippen LogP contribution < -0.4 is 4.74 Å². The minimum absolute atomic E-state index is 0.139. The zero-order valence-electron chi connectivity index (χ0n) is 16.4. The van der Waals surface area contributed by atoms with Crippen molar-refractivity contribution in [3.8, 4) is 5.75 Å². The van der Waals surface area contributed by atoms with Crippen molar-refractivity contribution < 1.29 is 24.2 Å². The van der Waals surface area contributed by atoms with Crippen LogP contribution in [0.25, 0.3) is 0 Å². The van der Waals surface area contributed by atoms with E-state index in [1.54, 1.807) is 17.0 Å². The highest BCUT2D eigenvalue weighted by atomic mass is 16.6. The number of carboxylic acid groups (broad SMARTS) is 1. The van der Waals surface area contributed by atoms with Crippen molar-refractivity contribution in [2.45, 2.75) is 45.9 Å². The molecular weight excluding hydrogens is 358 g/mol. The van der Waals surface area contributed by atoms with Gasteiger partial charge in [-0.25, -0.2) is 9.59 Å². The summed E-state index contributed by atoms with van der Waals surface area (Å²) in [6, 6.07) is 13.0. The Morgan fingerprint density at radius 3 is 2.46 bits per heavy atom. The average molecular weight is 383 g/mol. The highest BCUT2D eigenvalue weighted by molar-refractivity contribution is 5.91. The van der Waals surface area contributed by atoms with Crippen molar-refractivity contribution in [3.05, 3.63) is 64.7 Å². The van der Waals surface area contributed by atoms with Crippen molar-refractivity contribution in [3.63, 3.8) is 0 Å². The van der Waals surface area contributed by atoms with Crippen LogP contribution in [-0.4, -0.2) is 34.2 Å². The normalized spacial score (nSPS) is 13.6. The summed E-state index contributed by atoms with van der Waals surface area (Å²) < 4.78 is 11.3. The van der Waals surface area contributed by atoms with Crippen molar-refractivity contribution in [2.75, 3.05) is 6.54 Å². The summed E-state index contributed by atoms with van der Waals surface area (Å²) in [6.07, 6.45) is 0.209. The molecule has 0 saturated carbocycles. The maximum Gasteiger partial charge on any atom is 0.410 e. The Balaban J connectivity index is 1.81. The molecule has 0 fully saturated rings. The van der Waals surface area contributed by atoms with E-state index in [9.17, 15) is 14.7 Å². The van der Waals surface area contributed by atoms with E-state index in [0.717, 1.165) is 16.7 Å². The SMILES string of the molecule is CC(C)(C)OC(=O)N1CCc2cc(C(=O)O)c(OCc3ccccc3)cc2C1. The first-order valence-electron chi connectivity index (χ1n) is 9.27. The lowest BCUT2D eigenvalue weighted by Gasteiger charge is -2.31. The van der Waals surface area contributed by atoms with Gasteiger partial charge in [0.2, 0.25) is 0 Å². The van der Waals surface area contributed by atoms with E-state index in [0.29, 0.717) is 25.3 Å². The van der Waals surface area contributed by atoms with Crippen LogP contribution in [-0.2, 0) is 24.3 Å². The Morgan fingerprint density at radius 2 is 1.82 bits per heavy atom. The molecule has 0 saturated heterocycles. The van der Waals surface area contributed by atoms with E-state index in [1.807, 2.05) is 51.1 Å². The molecule has 0 aromatic heterocycles. The molecule has 0 unspecified atom stereocenters. The van der Waals surface area contributed by atoms with Gasteiger partial charge in [-0.2, -0.15) is 0 Å². The van der Waals surface area contributed by atoms with Gasteiger partial charge in [-0.1, -0.05) is 30.3 Å². The maximum atomic E-state index is 12.4. The van der Waals surface area contributed by atoms with E-state index < -0.39 is 11.6 Å². The lowest BCUT2D eigenvalue weighted by atomic mass is 9.96. The number of hydrogen-bond acceptors (Lipinski definition) is 4. The Labute approximate surface area is 164 Å². The second-order valence-electron chi connectivity index (χ2n) is 7.85. The number of carbonyl (C=O) groups is 2. The van der Waals surface area contributed by atoms with E-state index >= 15 is 0 Å². The molecule has 2 aromatic carbocycles. The number of fused-ring (bicyclic) bond motifs is 1. The summed E-state index contributed by atoms with van der Waals surface area (Å²) in [5.41, 5.74) is 2.33. The van der Waals surface area contributed by atoms with Crippen molar-refractivity contribution in [2.24, 2.45) is 0 Å². The molecule has 0 bridgehead atoms. The van der Waals surface area contributed by atoms with Crippen LogP contribution in [0.1, 0.15) is 47.8 Å². The minimum atomic E-state index is -1.03. The number of rotatable bonds is 4. The van der Waals surface area contributed by atoms with Gasteiger partial charge in [0.1, 0.15) is 23.5 Å². The highest BCUT2D eigenvalue weighted by Crippen LogP contribution is 2.29. The van der Waals surface area contributed by atoms with Crippen LogP contribution in [0.15, 0.2) is 42.5 Å². The first-order chi connectivity index (χ1) is 13.2. The predicted molar refractivity (Wildman–Crippen MR) is 105 cm³/mol. The quantitative estimate of drug-likeness (QED) is 0.854. The molecule has 6 heteroatoms. The molecule has 3 rings (SSSR count). The van der Waals surface area contributed by atoms with Crippen LogP contribution in [0, 0.1) is 0 Å². The van der Waals surface area contributed by atoms with Gasteiger partial charge >= 0.3 is 12.1 Å². The summed E-state index contributed by atoms with van der Waals surface area (Å²) in [5, 5.41) is 9.57. The third-order valence-corrected chi connectivity index (χ3v) is 4.43. The average Bonchev–Trinajstić information content (AvgIpc) is 2.64. The number of ether oxygens (including phenoxy) is 2. The number of carboxylic acids is 1. The highest BCUT2D eigenvalue weighted by Gasteiger charge is 2.27. The molecule has 2 aromatic rings. The number of benzene rings is 2. The standard InChI is InChI=1S/C22H25NO5/c1-22(2,3)28-21(26)23-10-9-16-11-18(20(24)25)19(12-17(16)13-23)27-14-15-7-5-4-6-8-15/h4-8,11-12H,9-10,13-14H2,1-3H3,(H,24,25). The summed E-state index contributed by atoms with van der Waals surface area (Å²) in [5.74, 6) is -0.721. The molecule has 1 aliphatic rings. The molecular formula is C22H25NO5. The molecule has 0 spiro atoms. The molecule has 0 radical (unpaired) electrons. The molecule has 0 atom stereocenters. The van der Waals surface area contributed by atoms with Gasteiger partial charge in [-0.05, 0) is 56.0 Å². The van der Waals surface area contributed by atoms with Crippen LogP contribution in [0.5, 0.6) is 5.75 Å². The van der Waals surface area contributed by atoms with Crippen molar-refractivity contribution in [1.29, 1.82) is 0 Å². The Hall–Kier alpha value is -3.02. The third-order valence-electron chi connectivity index (χ3n) is 4.43. The number of amides is 1. The van der Waals surface area contributed by atoms with Crippen LogP contribution >= 0.6 is 0 Å². The fourth-order valence-corrected chi connectivity index (χ4v) is 3.09. The van der Waals surface area contributed by atoms with Crippen molar-refractivity contribution >= 4 is 12.1 Å². The monoisotopic (exact) mass is 383 g/mol. The smallest absolute Gasteiger partial charge is 0.410 e. The van der Waals surface area contributed by atoms with Gasteiger partial charge in [-0.15, -0.1) is 0 Å². The molecule has 0 aliphatic carbocycles. The van der Waals surface area contributed by atoms with E-state index in [4.69, 9.17) is 9.47 Å². The van der Waals surface area contributed by atoms with Gasteiger partial charge in [0.25, 0.3) is 0 Å². The summed E-state index contributed by atoms with van der Waals surface area (Å²) in [4.78, 5) is 25.7. The second kappa shape index (κ2) is 7.92. The minimum Gasteiger partial charge on any atom is -0.488 e. The first kappa shape index (κ1) is 19.7. The van der Waals surface area contributed by atoms with Gasteiger partial charge in [0, 0.05) is 13.1 Å². The van der Waals surface area contributed by atoms with Crippen LogP contribution in [0.4, 0.5) is 4.79 Å². The van der Waals surface area contributed by atoms with E-state index in [2.05, 4.69) is 0 Å². The molecule has 1 heterocycles. The van der Waals surface area contributed by atoms with Crippen LogP contribution in [0.2, 0.25) is 0 Å². The number of nitrogens with zero attached hydrogens (tertiary/aromatic N) is 1. The van der Waals surface area contributed by atoms with Gasteiger partial charge in [0.05, 0.1) is 0 Å². The molecule has 1 aliphatic heterocycles. The van der Waals surface area contributed by atoms with Gasteiger partial charge in [0.15, 0.2) is 0 Å². The number of carbonyl (C=O) groups excluding carboxylic acids is 1. The number of hydrogen-bond donors (Lipinski definition) is 1. The third kappa shape index (κ3) is 4.82. The first-order valence-corrected chi connectivity index (χ1v) is 9.27. The topological polar surface area (TPSA) is 76.1 Å². The van der Waals surface area contributed by atoms with Crippen LogP contribution in [0.3, 0.4) is 0 Å². The lowest BCUT2D eigenvalue weighted by Crippen LogP contribution is -2.40. The Morgan fingerprint density at radius 1 is 1.11 bits per heavy atom. The van der Waals surface area contributed by atoms with Crippen molar-refractivity contribution in [1.82, 2.24) is 4.90 Å². The fraction of sp³-hybridized carbons (Fsp3) is 0.364. The van der Waals surface area contributed by atoms with E-state index in [1.165, 1.54) is 0 Å². The lowest BCUT2D eigenvalue weighted by molar-refractivity contribution is 0.0223. The largest absolute Gasteiger partial charge is 0.488 e. The Kier molecular flexibility index (Phi) is 5.58. The zero-order chi connectivity index (χ0) is 20.3.